The molecule has 0 atom stereocenters. The Balaban J connectivity index is 1.41. The van der Waals surface area contributed by atoms with E-state index in [1.54, 1.807) is 41.9 Å². The number of morpholine rings is 1. The van der Waals surface area contributed by atoms with E-state index in [-0.39, 0.29) is 11.7 Å². The number of nitriles is 1. The summed E-state index contributed by atoms with van der Waals surface area (Å²) in [5.41, 5.74) is 2.46. The first kappa shape index (κ1) is 22.5. The summed E-state index contributed by atoms with van der Waals surface area (Å²) in [5, 5.41) is 16.6. The van der Waals surface area contributed by atoms with E-state index in [4.69, 9.17) is 9.47 Å². The van der Waals surface area contributed by atoms with Gasteiger partial charge in [0.2, 0.25) is 0 Å². The molecule has 0 saturated carbocycles. The highest BCUT2D eigenvalue weighted by Gasteiger charge is 2.17. The molecule has 9 heteroatoms. The number of hydrogen-bond acceptors (Lipinski definition) is 6. The van der Waals surface area contributed by atoms with E-state index >= 15 is 0 Å². The van der Waals surface area contributed by atoms with Crippen LogP contribution in [0.3, 0.4) is 0 Å². The van der Waals surface area contributed by atoms with Gasteiger partial charge in [-0.05, 0) is 49.4 Å². The fraction of sp³-hybridized carbons (Fsp3) is 0.292. The molecular formula is C24H24FN5O3. The Morgan fingerprint density at radius 3 is 2.73 bits per heavy atom. The summed E-state index contributed by atoms with van der Waals surface area (Å²) < 4.78 is 25.9. The van der Waals surface area contributed by atoms with Crippen LogP contribution >= 0.6 is 0 Å². The Bertz CT molecular complexity index is 1160. The third kappa shape index (κ3) is 5.37. The molecule has 1 saturated heterocycles. The van der Waals surface area contributed by atoms with Gasteiger partial charge in [0.25, 0.3) is 5.91 Å². The lowest BCUT2D eigenvalue weighted by Crippen LogP contribution is -2.38. The SMILES string of the molecule is Cc1c(C(=O)Nc2ccc(OCCN3CCOCC3)c(C#N)c2)cnn1-c1ccc(F)cc1. The maximum absolute atomic E-state index is 13.2. The van der Waals surface area contributed by atoms with Crippen LogP contribution in [0, 0.1) is 24.1 Å². The molecule has 2 heterocycles. The average molecular weight is 449 g/mol. The molecule has 33 heavy (non-hydrogen) atoms. The van der Waals surface area contributed by atoms with Crippen molar-refractivity contribution in [2.24, 2.45) is 0 Å². The summed E-state index contributed by atoms with van der Waals surface area (Å²) in [7, 11) is 0. The van der Waals surface area contributed by atoms with Crippen molar-refractivity contribution < 1.29 is 18.7 Å². The first-order valence-corrected chi connectivity index (χ1v) is 10.6. The van der Waals surface area contributed by atoms with Gasteiger partial charge in [0.15, 0.2) is 0 Å². The van der Waals surface area contributed by atoms with E-state index in [0.29, 0.717) is 40.6 Å². The Morgan fingerprint density at radius 2 is 2.00 bits per heavy atom. The van der Waals surface area contributed by atoms with Crippen LogP contribution in [0.25, 0.3) is 5.69 Å². The summed E-state index contributed by atoms with van der Waals surface area (Å²) >= 11 is 0. The molecule has 0 bridgehead atoms. The topological polar surface area (TPSA) is 92.4 Å². The van der Waals surface area contributed by atoms with Gasteiger partial charge in [-0.2, -0.15) is 10.4 Å². The molecule has 170 valence electrons. The number of hydrogen-bond donors (Lipinski definition) is 1. The maximum atomic E-state index is 13.2. The van der Waals surface area contributed by atoms with E-state index < -0.39 is 0 Å². The van der Waals surface area contributed by atoms with Crippen LogP contribution in [0.1, 0.15) is 21.6 Å². The lowest BCUT2D eigenvalue weighted by Gasteiger charge is -2.26. The average Bonchev–Trinajstić information content (AvgIpc) is 3.22. The van der Waals surface area contributed by atoms with Gasteiger partial charge < -0.3 is 14.8 Å². The van der Waals surface area contributed by atoms with Crippen molar-refractivity contribution in [3.05, 3.63) is 71.3 Å². The summed E-state index contributed by atoms with van der Waals surface area (Å²) in [5.74, 6) is -0.224. The second kappa shape index (κ2) is 10.3. The number of benzene rings is 2. The molecule has 1 fully saturated rings. The highest BCUT2D eigenvalue weighted by molar-refractivity contribution is 6.05. The third-order valence-electron chi connectivity index (χ3n) is 5.45. The van der Waals surface area contributed by atoms with E-state index in [9.17, 15) is 14.4 Å². The normalized spacial score (nSPS) is 14.0. The minimum absolute atomic E-state index is 0.341. The number of nitrogens with zero attached hydrogens (tertiary/aromatic N) is 4. The van der Waals surface area contributed by atoms with Crippen LogP contribution < -0.4 is 10.1 Å². The number of rotatable bonds is 7. The van der Waals surface area contributed by atoms with Gasteiger partial charge in [0, 0.05) is 25.3 Å². The van der Waals surface area contributed by atoms with E-state index in [1.807, 2.05) is 0 Å². The van der Waals surface area contributed by atoms with Gasteiger partial charge in [-0.15, -0.1) is 0 Å². The van der Waals surface area contributed by atoms with Crippen molar-refractivity contribution in [3.63, 3.8) is 0 Å². The summed E-state index contributed by atoms with van der Waals surface area (Å²) in [6, 6.07) is 12.9. The first-order valence-electron chi connectivity index (χ1n) is 10.6. The van der Waals surface area contributed by atoms with Gasteiger partial charge in [-0.1, -0.05) is 0 Å². The Hall–Kier alpha value is -3.74. The molecule has 1 amide bonds. The molecule has 1 aliphatic heterocycles. The molecule has 1 N–H and O–H groups in total. The Kier molecular flexibility index (Phi) is 6.98. The molecule has 4 rings (SSSR count). The van der Waals surface area contributed by atoms with Gasteiger partial charge in [0.1, 0.15) is 24.2 Å². The lowest BCUT2D eigenvalue weighted by molar-refractivity contribution is 0.0322. The van der Waals surface area contributed by atoms with Gasteiger partial charge in [-0.25, -0.2) is 9.07 Å². The van der Waals surface area contributed by atoms with Crippen molar-refractivity contribution in [1.29, 1.82) is 5.26 Å². The van der Waals surface area contributed by atoms with Crippen molar-refractivity contribution in [1.82, 2.24) is 14.7 Å². The van der Waals surface area contributed by atoms with Crippen LogP contribution in [-0.4, -0.2) is 60.0 Å². The molecule has 1 aliphatic rings. The molecular weight excluding hydrogens is 425 g/mol. The van der Waals surface area contributed by atoms with E-state index in [1.165, 1.54) is 18.3 Å². The Morgan fingerprint density at radius 1 is 1.24 bits per heavy atom. The minimum atomic E-state index is -0.356. The summed E-state index contributed by atoms with van der Waals surface area (Å²) in [6.07, 6.45) is 1.46. The number of aromatic nitrogens is 2. The van der Waals surface area contributed by atoms with Crippen LogP contribution in [-0.2, 0) is 4.74 Å². The maximum Gasteiger partial charge on any atom is 0.259 e. The Labute approximate surface area is 191 Å². The number of carbonyl (C=O) groups is 1. The van der Waals surface area contributed by atoms with Crippen LogP contribution in [0.4, 0.5) is 10.1 Å². The van der Waals surface area contributed by atoms with Crippen LogP contribution in [0.2, 0.25) is 0 Å². The quantitative estimate of drug-likeness (QED) is 0.596. The molecule has 2 aromatic carbocycles. The van der Waals surface area contributed by atoms with Crippen molar-refractivity contribution in [2.75, 3.05) is 44.8 Å². The number of ether oxygens (including phenoxy) is 2. The molecule has 0 radical (unpaired) electrons. The van der Waals surface area contributed by atoms with Crippen LogP contribution in [0.5, 0.6) is 5.75 Å². The predicted molar refractivity (Wildman–Crippen MR) is 120 cm³/mol. The molecule has 0 unspecified atom stereocenters. The summed E-state index contributed by atoms with van der Waals surface area (Å²) in [6.45, 7) is 6.16. The largest absolute Gasteiger partial charge is 0.491 e. The molecule has 3 aromatic rings. The molecule has 8 nitrogen and oxygen atoms in total. The number of anilines is 1. The highest BCUT2D eigenvalue weighted by Crippen LogP contribution is 2.23. The fourth-order valence-electron chi connectivity index (χ4n) is 3.60. The molecule has 0 spiro atoms. The third-order valence-corrected chi connectivity index (χ3v) is 5.45. The van der Waals surface area contributed by atoms with Gasteiger partial charge >= 0.3 is 0 Å². The smallest absolute Gasteiger partial charge is 0.259 e. The molecule has 1 aromatic heterocycles. The fourth-order valence-corrected chi connectivity index (χ4v) is 3.60. The zero-order valence-electron chi connectivity index (χ0n) is 18.3. The lowest BCUT2D eigenvalue weighted by atomic mass is 10.1. The van der Waals surface area contributed by atoms with Crippen molar-refractivity contribution in [2.45, 2.75) is 6.92 Å². The second-order valence-electron chi connectivity index (χ2n) is 7.61. The standard InChI is InChI=1S/C24H24FN5O3/c1-17-22(16-27-30(17)21-5-2-19(25)3-6-21)24(31)28-20-4-7-23(18(14-20)15-26)33-13-10-29-8-11-32-12-9-29/h2-7,14,16H,8-13H2,1H3,(H,28,31). The van der Waals surface area contributed by atoms with E-state index in [2.05, 4.69) is 21.4 Å². The highest BCUT2D eigenvalue weighted by atomic mass is 19.1. The predicted octanol–water partition coefficient (Wildman–Crippen LogP) is 3.15. The van der Waals surface area contributed by atoms with Crippen LogP contribution in [0.15, 0.2) is 48.7 Å². The first-order chi connectivity index (χ1) is 16.0. The summed E-state index contributed by atoms with van der Waals surface area (Å²) in [4.78, 5) is 15.1. The monoisotopic (exact) mass is 449 g/mol. The number of halogens is 1. The van der Waals surface area contributed by atoms with E-state index in [0.717, 1.165) is 32.8 Å². The van der Waals surface area contributed by atoms with Gasteiger partial charge in [0.05, 0.1) is 41.9 Å². The number of amides is 1. The number of carbonyl (C=O) groups excluding carboxylic acids is 1. The van der Waals surface area contributed by atoms with Crippen molar-refractivity contribution in [3.8, 4) is 17.5 Å². The number of nitrogens with one attached hydrogen (secondary N) is 1. The zero-order chi connectivity index (χ0) is 23.2. The second-order valence-corrected chi connectivity index (χ2v) is 7.61. The van der Waals surface area contributed by atoms with Gasteiger partial charge in [-0.3, -0.25) is 9.69 Å². The minimum Gasteiger partial charge on any atom is -0.491 e. The molecule has 0 aliphatic carbocycles. The van der Waals surface area contributed by atoms with Crippen molar-refractivity contribution >= 4 is 11.6 Å². The zero-order valence-corrected chi connectivity index (χ0v) is 18.3.